The van der Waals surface area contributed by atoms with Crippen LogP contribution in [0.15, 0.2) is 0 Å². The second kappa shape index (κ2) is 7.63. The van der Waals surface area contributed by atoms with Crippen LogP contribution < -0.4 is 0 Å². The molecule has 2 fully saturated rings. The molecule has 2 aliphatic heterocycles. The van der Waals surface area contributed by atoms with E-state index in [9.17, 15) is 30.6 Å². The molecular formula is C12H22O11. The number of rotatable bonds is 4. The van der Waals surface area contributed by atoms with E-state index in [4.69, 9.17) is 24.4 Å². The van der Waals surface area contributed by atoms with E-state index in [0.29, 0.717) is 0 Å². The molecule has 10 atom stereocenters. The molecule has 11 heteroatoms. The zero-order chi connectivity index (χ0) is 17.3. The zero-order valence-electron chi connectivity index (χ0n) is 12.0. The third-order valence-electron chi connectivity index (χ3n) is 3.97. The largest absolute Gasteiger partial charge is 0.394 e. The SMILES string of the molecule is OC[C@@H]1O[C@H](O[C@@H]2O[C@H](CO)[C@H](O)[C@H](O)[C@@H]2O)[C@@H](O)[C@H](O)[C@H]1O. The summed E-state index contributed by atoms with van der Waals surface area (Å²) in [5, 5.41) is 76.4. The van der Waals surface area contributed by atoms with Gasteiger partial charge >= 0.3 is 0 Å². The first-order valence-electron chi connectivity index (χ1n) is 7.08. The van der Waals surface area contributed by atoms with Gasteiger partial charge in [0.05, 0.1) is 13.2 Å². The second-order valence-electron chi connectivity index (χ2n) is 5.53. The molecule has 2 rings (SSSR count). The number of ether oxygens (including phenoxy) is 3. The molecule has 0 amide bonds. The summed E-state index contributed by atoms with van der Waals surface area (Å²) in [6.45, 7) is -1.33. The second-order valence-corrected chi connectivity index (χ2v) is 5.53. The molecule has 0 aromatic carbocycles. The smallest absolute Gasteiger partial charge is 0.189 e. The van der Waals surface area contributed by atoms with E-state index < -0.39 is 74.6 Å². The van der Waals surface area contributed by atoms with E-state index in [2.05, 4.69) is 0 Å². The summed E-state index contributed by atoms with van der Waals surface area (Å²) >= 11 is 0. The maximum absolute atomic E-state index is 9.84. The minimum atomic E-state index is -1.72. The fourth-order valence-electron chi connectivity index (χ4n) is 2.49. The summed E-state index contributed by atoms with van der Waals surface area (Å²) in [4.78, 5) is 0. The van der Waals surface area contributed by atoms with Crippen LogP contribution in [0.5, 0.6) is 0 Å². The minimum Gasteiger partial charge on any atom is -0.394 e. The van der Waals surface area contributed by atoms with Crippen LogP contribution in [-0.4, -0.2) is 115 Å². The van der Waals surface area contributed by atoms with Crippen molar-refractivity contribution in [3.8, 4) is 0 Å². The van der Waals surface area contributed by atoms with Gasteiger partial charge in [0, 0.05) is 0 Å². The fourth-order valence-corrected chi connectivity index (χ4v) is 2.49. The van der Waals surface area contributed by atoms with Gasteiger partial charge in [0.15, 0.2) is 12.6 Å². The predicted octanol–water partition coefficient (Wildman–Crippen LogP) is -5.40. The van der Waals surface area contributed by atoms with Gasteiger partial charge in [0.25, 0.3) is 0 Å². The first-order valence-corrected chi connectivity index (χ1v) is 7.08. The van der Waals surface area contributed by atoms with Crippen LogP contribution in [0, 0.1) is 0 Å². The van der Waals surface area contributed by atoms with Gasteiger partial charge in [-0.2, -0.15) is 0 Å². The Balaban J connectivity index is 2.07. The zero-order valence-corrected chi connectivity index (χ0v) is 12.0. The molecule has 11 nitrogen and oxygen atoms in total. The standard InChI is InChI=1S/C12H22O11/c13-1-3-5(15)7(17)9(19)11(21-3)23-12-10(20)8(18)6(16)4(2-14)22-12/h3-20H,1-2H2/t3-,4+,5-,6-,7+,8-,9-,10-,11+,12-/m0/s1. The monoisotopic (exact) mass is 342 g/mol. The van der Waals surface area contributed by atoms with Gasteiger partial charge < -0.3 is 55.1 Å². The van der Waals surface area contributed by atoms with E-state index in [0.717, 1.165) is 0 Å². The van der Waals surface area contributed by atoms with Crippen LogP contribution in [0.1, 0.15) is 0 Å². The van der Waals surface area contributed by atoms with Crippen LogP contribution in [0.3, 0.4) is 0 Å². The lowest BCUT2D eigenvalue weighted by atomic mass is 9.98. The van der Waals surface area contributed by atoms with E-state index in [1.165, 1.54) is 0 Å². The Morgan fingerprint density at radius 1 is 0.565 bits per heavy atom. The number of aliphatic hydroxyl groups excluding tert-OH is 8. The van der Waals surface area contributed by atoms with Gasteiger partial charge in [-0.3, -0.25) is 0 Å². The molecular weight excluding hydrogens is 320 g/mol. The van der Waals surface area contributed by atoms with Crippen LogP contribution in [0.2, 0.25) is 0 Å². The molecule has 2 saturated heterocycles. The average Bonchev–Trinajstić information content (AvgIpc) is 2.55. The van der Waals surface area contributed by atoms with E-state index in [-0.39, 0.29) is 0 Å². The highest BCUT2D eigenvalue weighted by Gasteiger charge is 2.49. The van der Waals surface area contributed by atoms with E-state index >= 15 is 0 Å². The number of hydrogen-bond acceptors (Lipinski definition) is 11. The van der Waals surface area contributed by atoms with Crippen LogP contribution >= 0.6 is 0 Å². The Hall–Kier alpha value is -0.440. The van der Waals surface area contributed by atoms with E-state index in [1.54, 1.807) is 0 Å². The van der Waals surface area contributed by atoms with Crippen molar-refractivity contribution in [2.75, 3.05) is 13.2 Å². The molecule has 8 N–H and O–H groups in total. The Kier molecular flexibility index (Phi) is 6.27. The Bertz CT molecular complexity index is 344. The molecule has 0 spiro atoms. The molecule has 0 aromatic heterocycles. The van der Waals surface area contributed by atoms with Crippen molar-refractivity contribution in [3.63, 3.8) is 0 Å². The molecule has 0 aromatic rings. The highest BCUT2D eigenvalue weighted by atomic mass is 16.8. The van der Waals surface area contributed by atoms with Gasteiger partial charge in [-0.05, 0) is 0 Å². The van der Waals surface area contributed by atoms with E-state index in [1.807, 2.05) is 0 Å². The van der Waals surface area contributed by atoms with Crippen molar-refractivity contribution in [3.05, 3.63) is 0 Å². The minimum absolute atomic E-state index is 0.667. The summed E-state index contributed by atoms with van der Waals surface area (Å²) in [5.74, 6) is 0. The highest BCUT2D eigenvalue weighted by Crippen LogP contribution is 2.27. The molecule has 0 aliphatic carbocycles. The molecule has 136 valence electrons. The Morgan fingerprint density at radius 2 is 0.913 bits per heavy atom. The van der Waals surface area contributed by atoms with Gasteiger partial charge in [-0.1, -0.05) is 0 Å². The van der Waals surface area contributed by atoms with Gasteiger partial charge in [0.2, 0.25) is 0 Å². The normalized spacial score (nSPS) is 51.7. The molecule has 23 heavy (non-hydrogen) atoms. The topological polar surface area (TPSA) is 190 Å². The van der Waals surface area contributed by atoms with Gasteiger partial charge in [-0.15, -0.1) is 0 Å². The Morgan fingerprint density at radius 3 is 1.22 bits per heavy atom. The summed E-state index contributed by atoms with van der Waals surface area (Å²) in [6.07, 6.45) is -15.6. The molecule has 0 bridgehead atoms. The van der Waals surface area contributed by atoms with Crippen molar-refractivity contribution in [2.24, 2.45) is 0 Å². The lowest BCUT2D eigenvalue weighted by molar-refractivity contribution is -0.376. The van der Waals surface area contributed by atoms with Gasteiger partial charge in [-0.25, -0.2) is 0 Å². The number of hydrogen-bond donors (Lipinski definition) is 8. The predicted molar refractivity (Wildman–Crippen MR) is 68.6 cm³/mol. The highest BCUT2D eigenvalue weighted by molar-refractivity contribution is 4.92. The molecule has 2 heterocycles. The first-order chi connectivity index (χ1) is 10.8. The van der Waals surface area contributed by atoms with Crippen LogP contribution in [-0.2, 0) is 14.2 Å². The third-order valence-corrected chi connectivity index (χ3v) is 3.97. The van der Waals surface area contributed by atoms with Crippen molar-refractivity contribution < 1.29 is 55.1 Å². The third kappa shape index (κ3) is 3.65. The Labute approximate surface area is 130 Å². The molecule has 0 radical (unpaired) electrons. The van der Waals surface area contributed by atoms with Gasteiger partial charge in [0.1, 0.15) is 48.8 Å². The maximum Gasteiger partial charge on any atom is 0.189 e. The van der Waals surface area contributed by atoms with Crippen LogP contribution in [0.25, 0.3) is 0 Å². The van der Waals surface area contributed by atoms with Crippen molar-refractivity contribution in [2.45, 2.75) is 61.4 Å². The first kappa shape index (κ1) is 18.9. The molecule has 0 unspecified atom stereocenters. The quantitative estimate of drug-likeness (QED) is 0.243. The maximum atomic E-state index is 9.84. The lowest BCUT2D eigenvalue weighted by Gasteiger charge is -2.44. The number of aliphatic hydroxyl groups is 8. The van der Waals surface area contributed by atoms with Crippen molar-refractivity contribution in [1.82, 2.24) is 0 Å². The van der Waals surface area contributed by atoms with Crippen molar-refractivity contribution >= 4 is 0 Å². The average molecular weight is 342 g/mol. The van der Waals surface area contributed by atoms with Crippen molar-refractivity contribution in [1.29, 1.82) is 0 Å². The lowest BCUT2D eigenvalue weighted by Crippen LogP contribution is -2.63. The summed E-state index contributed by atoms with van der Waals surface area (Å²) in [5.41, 5.74) is 0. The summed E-state index contributed by atoms with van der Waals surface area (Å²) < 4.78 is 15.3. The summed E-state index contributed by atoms with van der Waals surface area (Å²) in [7, 11) is 0. The molecule has 2 aliphatic rings. The fraction of sp³-hybridized carbons (Fsp3) is 1.00. The summed E-state index contributed by atoms with van der Waals surface area (Å²) in [6, 6.07) is 0. The van der Waals surface area contributed by atoms with Crippen LogP contribution in [0.4, 0.5) is 0 Å². The molecule has 0 saturated carbocycles.